The molecular weight excluding hydrogens is 322 g/mol. The number of aromatic nitrogens is 2. The fraction of sp³-hybridized carbons (Fsp3) is 0.611. The number of hydrogen-bond acceptors (Lipinski definition) is 6. The van der Waals surface area contributed by atoms with Gasteiger partial charge in [0.25, 0.3) is 5.91 Å². The van der Waals surface area contributed by atoms with Gasteiger partial charge in [0.05, 0.1) is 17.4 Å². The number of ether oxygens (including phenoxy) is 1. The zero-order valence-corrected chi connectivity index (χ0v) is 14.4. The number of amides is 1. The molecule has 7 nitrogen and oxygen atoms in total. The van der Waals surface area contributed by atoms with Crippen molar-refractivity contribution in [1.29, 1.82) is 0 Å². The van der Waals surface area contributed by atoms with E-state index >= 15 is 0 Å². The summed E-state index contributed by atoms with van der Waals surface area (Å²) in [5.74, 6) is 1.93. The Hall–Kier alpha value is -2.15. The van der Waals surface area contributed by atoms with Gasteiger partial charge in [-0.25, -0.2) is 0 Å². The minimum Gasteiger partial charge on any atom is -0.472 e. The first-order chi connectivity index (χ1) is 12.1. The van der Waals surface area contributed by atoms with Crippen LogP contribution < -0.4 is 0 Å². The van der Waals surface area contributed by atoms with Gasteiger partial charge in [0, 0.05) is 26.1 Å². The topological polar surface area (TPSA) is 81.6 Å². The Kier molecular flexibility index (Phi) is 4.33. The second kappa shape index (κ2) is 6.63. The van der Waals surface area contributed by atoms with E-state index in [1.54, 1.807) is 6.07 Å². The fourth-order valence-corrected chi connectivity index (χ4v) is 4.01. The number of carbonyl (C=O) groups excluding carboxylic acids is 1. The zero-order valence-electron chi connectivity index (χ0n) is 14.4. The molecule has 2 aromatic rings. The van der Waals surface area contributed by atoms with E-state index in [-0.39, 0.29) is 11.5 Å². The van der Waals surface area contributed by atoms with E-state index in [2.05, 4.69) is 10.1 Å². The molecule has 0 saturated carbocycles. The molecule has 1 spiro atoms. The van der Waals surface area contributed by atoms with Gasteiger partial charge in [0.15, 0.2) is 5.82 Å². The first-order valence-corrected chi connectivity index (χ1v) is 8.88. The lowest BCUT2D eigenvalue weighted by molar-refractivity contribution is -0.124. The van der Waals surface area contributed by atoms with Crippen molar-refractivity contribution < 1.29 is 18.5 Å². The molecule has 2 aromatic heterocycles. The Morgan fingerprint density at radius 1 is 1.40 bits per heavy atom. The highest BCUT2D eigenvalue weighted by atomic mass is 16.5. The molecule has 1 unspecified atom stereocenters. The second-order valence-corrected chi connectivity index (χ2v) is 7.13. The maximum Gasteiger partial charge on any atom is 0.257 e. The van der Waals surface area contributed by atoms with Gasteiger partial charge in [-0.2, -0.15) is 4.98 Å². The molecule has 25 heavy (non-hydrogen) atoms. The van der Waals surface area contributed by atoms with Crippen molar-refractivity contribution >= 4 is 5.91 Å². The lowest BCUT2D eigenvalue weighted by Crippen LogP contribution is -2.51. The minimum absolute atomic E-state index is 0.0392. The Balaban J connectivity index is 1.36. The van der Waals surface area contributed by atoms with Crippen LogP contribution in [0, 0.1) is 12.8 Å². The Morgan fingerprint density at radius 3 is 2.92 bits per heavy atom. The Morgan fingerprint density at radius 2 is 2.24 bits per heavy atom. The molecule has 134 valence electrons. The number of rotatable bonds is 3. The predicted octanol–water partition coefficient (Wildman–Crippen LogP) is 2.62. The highest BCUT2D eigenvalue weighted by Gasteiger charge is 2.41. The quantitative estimate of drug-likeness (QED) is 0.850. The average molecular weight is 345 g/mol. The monoisotopic (exact) mass is 345 g/mol. The van der Waals surface area contributed by atoms with Crippen LogP contribution in [0.15, 0.2) is 27.5 Å². The van der Waals surface area contributed by atoms with Crippen LogP contribution in [0.4, 0.5) is 0 Å². The smallest absolute Gasteiger partial charge is 0.257 e. The lowest BCUT2D eigenvalue weighted by Gasteiger charge is -2.46. The molecule has 1 atom stereocenters. The summed E-state index contributed by atoms with van der Waals surface area (Å²) in [5, 5.41) is 3.87. The van der Waals surface area contributed by atoms with Crippen molar-refractivity contribution in [3.63, 3.8) is 0 Å². The van der Waals surface area contributed by atoms with Gasteiger partial charge in [0.2, 0.25) is 5.89 Å². The van der Waals surface area contributed by atoms with Gasteiger partial charge in [0.1, 0.15) is 6.26 Å². The van der Waals surface area contributed by atoms with Crippen LogP contribution in [0.25, 0.3) is 0 Å². The molecule has 1 amide bonds. The van der Waals surface area contributed by atoms with Crippen LogP contribution in [0.2, 0.25) is 0 Å². The zero-order chi connectivity index (χ0) is 17.3. The summed E-state index contributed by atoms with van der Waals surface area (Å²) in [7, 11) is 0. The Bertz CT molecular complexity index is 717. The highest BCUT2D eigenvalue weighted by Crippen LogP contribution is 2.38. The lowest BCUT2D eigenvalue weighted by atomic mass is 9.78. The summed E-state index contributed by atoms with van der Waals surface area (Å²) in [6.07, 6.45) is 7.59. The number of furan rings is 1. The maximum atomic E-state index is 12.4. The van der Waals surface area contributed by atoms with Gasteiger partial charge >= 0.3 is 0 Å². The number of carbonyl (C=O) groups is 1. The van der Waals surface area contributed by atoms with Crippen LogP contribution in [-0.2, 0) is 11.2 Å². The minimum atomic E-state index is -0.120. The molecule has 0 aliphatic carbocycles. The molecule has 4 heterocycles. The standard InChI is InChI=1S/C18H23N3O4/c1-13-19-16(25-20-13)10-14-2-9-24-18(11-14)4-6-21(7-5-18)17(22)15-3-8-23-12-15/h3,8,12,14H,2,4-7,9-11H2,1H3. The number of likely N-dealkylation sites (tertiary alicyclic amines) is 1. The van der Waals surface area contributed by atoms with Crippen LogP contribution >= 0.6 is 0 Å². The highest BCUT2D eigenvalue weighted by molar-refractivity contribution is 5.93. The summed E-state index contributed by atoms with van der Waals surface area (Å²) < 4.78 is 16.5. The molecule has 2 aliphatic heterocycles. The van der Waals surface area contributed by atoms with Crippen molar-refractivity contribution in [3.05, 3.63) is 35.9 Å². The number of nitrogens with zero attached hydrogens (tertiary/aromatic N) is 3. The predicted molar refractivity (Wildman–Crippen MR) is 88.0 cm³/mol. The van der Waals surface area contributed by atoms with Crippen LogP contribution in [0.1, 0.15) is 47.8 Å². The van der Waals surface area contributed by atoms with Gasteiger partial charge in [-0.3, -0.25) is 4.79 Å². The van der Waals surface area contributed by atoms with Crippen molar-refractivity contribution in [1.82, 2.24) is 15.0 Å². The molecule has 4 rings (SSSR count). The third-order valence-electron chi connectivity index (χ3n) is 5.36. The molecule has 0 bridgehead atoms. The summed E-state index contributed by atoms with van der Waals surface area (Å²) in [5.41, 5.74) is 0.496. The molecular formula is C18H23N3O4. The van der Waals surface area contributed by atoms with Crippen molar-refractivity contribution in [2.45, 2.75) is 44.6 Å². The first-order valence-electron chi connectivity index (χ1n) is 8.88. The van der Waals surface area contributed by atoms with Gasteiger partial charge in [-0.05, 0) is 44.6 Å². The van der Waals surface area contributed by atoms with E-state index in [0.717, 1.165) is 51.8 Å². The van der Waals surface area contributed by atoms with Gasteiger partial charge in [-0.15, -0.1) is 0 Å². The van der Waals surface area contributed by atoms with Crippen molar-refractivity contribution in [2.24, 2.45) is 5.92 Å². The Labute approximate surface area is 146 Å². The molecule has 2 aliphatic rings. The average Bonchev–Trinajstić information content (AvgIpc) is 3.27. The number of piperidine rings is 1. The summed E-state index contributed by atoms with van der Waals surface area (Å²) in [4.78, 5) is 18.7. The van der Waals surface area contributed by atoms with Crippen LogP contribution in [0.3, 0.4) is 0 Å². The van der Waals surface area contributed by atoms with Crippen LogP contribution in [0.5, 0.6) is 0 Å². The molecule has 0 aromatic carbocycles. The third-order valence-corrected chi connectivity index (χ3v) is 5.36. The van der Waals surface area contributed by atoms with Gasteiger partial charge < -0.3 is 18.6 Å². The van der Waals surface area contributed by atoms with E-state index in [1.807, 2.05) is 11.8 Å². The number of hydrogen-bond donors (Lipinski definition) is 0. The van der Waals surface area contributed by atoms with E-state index in [1.165, 1.54) is 12.5 Å². The normalized spacial score (nSPS) is 23.1. The number of aryl methyl sites for hydroxylation is 1. The van der Waals surface area contributed by atoms with Crippen molar-refractivity contribution in [3.8, 4) is 0 Å². The molecule has 2 saturated heterocycles. The van der Waals surface area contributed by atoms with Crippen LogP contribution in [-0.4, -0.2) is 46.2 Å². The van der Waals surface area contributed by atoms with E-state index in [9.17, 15) is 4.79 Å². The largest absolute Gasteiger partial charge is 0.472 e. The maximum absolute atomic E-state index is 12.4. The summed E-state index contributed by atoms with van der Waals surface area (Å²) in [6, 6.07) is 1.71. The van der Waals surface area contributed by atoms with E-state index in [4.69, 9.17) is 13.7 Å². The first kappa shape index (κ1) is 16.3. The molecule has 7 heteroatoms. The molecule has 0 radical (unpaired) electrons. The SMILES string of the molecule is Cc1noc(CC2CCOC3(CCN(C(=O)c4ccoc4)CC3)C2)n1. The van der Waals surface area contributed by atoms with E-state index in [0.29, 0.717) is 23.2 Å². The second-order valence-electron chi connectivity index (χ2n) is 7.13. The molecule has 2 fully saturated rings. The third kappa shape index (κ3) is 3.46. The summed E-state index contributed by atoms with van der Waals surface area (Å²) in [6.45, 7) is 4.03. The van der Waals surface area contributed by atoms with E-state index < -0.39 is 0 Å². The summed E-state index contributed by atoms with van der Waals surface area (Å²) >= 11 is 0. The van der Waals surface area contributed by atoms with Crippen molar-refractivity contribution in [2.75, 3.05) is 19.7 Å². The van der Waals surface area contributed by atoms with Gasteiger partial charge in [-0.1, -0.05) is 5.16 Å². The molecule has 0 N–H and O–H groups in total. The fourth-order valence-electron chi connectivity index (χ4n) is 4.01.